The van der Waals surface area contributed by atoms with E-state index >= 15 is 0 Å². The number of carbonyl (C=O) groups excluding carboxylic acids is 1. The van der Waals surface area contributed by atoms with Gasteiger partial charge in [0.25, 0.3) is 5.91 Å². The highest BCUT2D eigenvalue weighted by Crippen LogP contribution is 2.05. The summed E-state index contributed by atoms with van der Waals surface area (Å²) in [6.45, 7) is 0. The lowest BCUT2D eigenvalue weighted by atomic mass is 10.3. The van der Waals surface area contributed by atoms with E-state index in [1.54, 1.807) is 25.4 Å². The molecule has 0 aliphatic carbocycles. The van der Waals surface area contributed by atoms with Gasteiger partial charge in [-0.1, -0.05) is 0 Å². The Hall–Kier alpha value is -2.44. The van der Waals surface area contributed by atoms with Crippen molar-refractivity contribution in [3.8, 4) is 0 Å². The van der Waals surface area contributed by atoms with Crippen LogP contribution in [-0.4, -0.2) is 33.3 Å². The summed E-state index contributed by atoms with van der Waals surface area (Å²) in [5.41, 5.74) is 0.838. The SMILES string of the molecule is CNc1ccc(C(=O)Nc2cn[nH]c2)nn1. The Morgan fingerprint density at radius 3 is 2.81 bits per heavy atom. The lowest BCUT2D eigenvalue weighted by molar-refractivity contribution is 0.102. The first-order valence-electron chi connectivity index (χ1n) is 4.61. The van der Waals surface area contributed by atoms with Crippen LogP contribution in [0.2, 0.25) is 0 Å². The molecule has 0 saturated heterocycles. The summed E-state index contributed by atoms with van der Waals surface area (Å²) >= 11 is 0. The van der Waals surface area contributed by atoms with Crippen LogP contribution in [0, 0.1) is 0 Å². The number of hydrogen-bond donors (Lipinski definition) is 3. The van der Waals surface area contributed by atoms with Crippen molar-refractivity contribution in [3.63, 3.8) is 0 Å². The van der Waals surface area contributed by atoms with Crippen molar-refractivity contribution >= 4 is 17.4 Å². The lowest BCUT2D eigenvalue weighted by Crippen LogP contribution is -2.14. The molecule has 0 unspecified atom stereocenters. The van der Waals surface area contributed by atoms with Gasteiger partial charge in [-0.05, 0) is 12.1 Å². The molecule has 0 bridgehead atoms. The molecule has 0 radical (unpaired) electrons. The number of hydrogen-bond acceptors (Lipinski definition) is 5. The summed E-state index contributed by atoms with van der Waals surface area (Å²) in [7, 11) is 1.73. The second-order valence-electron chi connectivity index (χ2n) is 2.99. The molecule has 2 aromatic heterocycles. The smallest absolute Gasteiger partial charge is 0.276 e. The molecular formula is C9H10N6O. The topological polar surface area (TPSA) is 95.6 Å². The summed E-state index contributed by atoms with van der Waals surface area (Å²) in [5.74, 6) is 0.288. The Kier molecular flexibility index (Phi) is 2.77. The van der Waals surface area contributed by atoms with Gasteiger partial charge in [-0.2, -0.15) is 5.10 Å². The molecule has 0 aliphatic rings. The van der Waals surface area contributed by atoms with Gasteiger partial charge in [0.15, 0.2) is 5.69 Å². The van der Waals surface area contributed by atoms with Crippen molar-refractivity contribution in [2.24, 2.45) is 0 Å². The van der Waals surface area contributed by atoms with Crippen LogP contribution in [0.3, 0.4) is 0 Å². The van der Waals surface area contributed by atoms with Crippen molar-refractivity contribution in [1.82, 2.24) is 20.4 Å². The first-order valence-corrected chi connectivity index (χ1v) is 4.61. The highest BCUT2D eigenvalue weighted by Gasteiger charge is 2.08. The first-order chi connectivity index (χ1) is 7.79. The Morgan fingerprint density at radius 2 is 2.25 bits per heavy atom. The van der Waals surface area contributed by atoms with Crippen LogP contribution in [0.15, 0.2) is 24.5 Å². The average Bonchev–Trinajstić information content (AvgIpc) is 2.82. The van der Waals surface area contributed by atoms with Gasteiger partial charge in [-0.15, -0.1) is 10.2 Å². The Labute approximate surface area is 91.3 Å². The van der Waals surface area contributed by atoms with E-state index in [9.17, 15) is 4.79 Å². The minimum Gasteiger partial charge on any atom is -0.372 e. The molecule has 2 heterocycles. The van der Waals surface area contributed by atoms with Gasteiger partial charge in [-0.3, -0.25) is 9.89 Å². The Bertz CT molecular complexity index is 463. The maximum atomic E-state index is 11.6. The van der Waals surface area contributed by atoms with Gasteiger partial charge in [-0.25, -0.2) is 0 Å². The van der Waals surface area contributed by atoms with Crippen molar-refractivity contribution in [3.05, 3.63) is 30.2 Å². The molecular weight excluding hydrogens is 208 g/mol. The van der Waals surface area contributed by atoms with Crippen LogP contribution in [0.1, 0.15) is 10.5 Å². The third-order valence-electron chi connectivity index (χ3n) is 1.91. The summed E-state index contributed by atoms with van der Waals surface area (Å²) < 4.78 is 0. The fraction of sp³-hybridized carbons (Fsp3) is 0.111. The van der Waals surface area contributed by atoms with Gasteiger partial charge in [0.2, 0.25) is 0 Å². The lowest BCUT2D eigenvalue weighted by Gasteiger charge is -2.01. The number of aromatic nitrogens is 4. The summed E-state index contributed by atoms with van der Waals surface area (Å²) in [6, 6.07) is 3.27. The zero-order valence-electron chi connectivity index (χ0n) is 8.56. The fourth-order valence-electron chi connectivity index (χ4n) is 1.10. The molecule has 0 aliphatic heterocycles. The highest BCUT2D eigenvalue weighted by molar-refractivity contribution is 6.02. The maximum absolute atomic E-state index is 11.6. The van der Waals surface area contributed by atoms with Gasteiger partial charge >= 0.3 is 0 Å². The second kappa shape index (κ2) is 4.39. The quantitative estimate of drug-likeness (QED) is 0.697. The number of amides is 1. The standard InChI is InChI=1S/C9H10N6O/c1-10-8-3-2-7(14-15-8)9(16)13-6-4-11-12-5-6/h2-5H,1H3,(H,10,15)(H,11,12)(H,13,16). The third kappa shape index (κ3) is 2.14. The Morgan fingerprint density at radius 1 is 1.38 bits per heavy atom. The molecule has 2 aromatic rings. The van der Waals surface area contributed by atoms with E-state index in [1.165, 1.54) is 6.20 Å². The van der Waals surface area contributed by atoms with Gasteiger partial charge in [0.1, 0.15) is 5.82 Å². The number of anilines is 2. The van der Waals surface area contributed by atoms with E-state index in [2.05, 4.69) is 31.0 Å². The number of H-pyrrole nitrogens is 1. The van der Waals surface area contributed by atoms with Gasteiger partial charge in [0.05, 0.1) is 11.9 Å². The zero-order valence-corrected chi connectivity index (χ0v) is 8.56. The first kappa shape index (κ1) is 10.1. The maximum Gasteiger partial charge on any atom is 0.276 e. The zero-order chi connectivity index (χ0) is 11.4. The van der Waals surface area contributed by atoms with E-state index in [-0.39, 0.29) is 11.6 Å². The fourth-order valence-corrected chi connectivity index (χ4v) is 1.10. The van der Waals surface area contributed by atoms with Gasteiger partial charge in [0, 0.05) is 13.2 Å². The molecule has 82 valence electrons. The second-order valence-corrected chi connectivity index (χ2v) is 2.99. The van der Waals surface area contributed by atoms with Crippen molar-refractivity contribution < 1.29 is 4.79 Å². The summed E-state index contributed by atoms with van der Waals surface area (Å²) in [5, 5.41) is 19.3. The number of nitrogens with zero attached hydrogens (tertiary/aromatic N) is 3. The van der Waals surface area contributed by atoms with Crippen LogP contribution in [0.5, 0.6) is 0 Å². The number of nitrogens with one attached hydrogen (secondary N) is 3. The highest BCUT2D eigenvalue weighted by atomic mass is 16.1. The molecule has 0 saturated carbocycles. The minimum absolute atomic E-state index is 0.250. The largest absolute Gasteiger partial charge is 0.372 e. The Balaban J connectivity index is 2.09. The molecule has 7 nitrogen and oxygen atoms in total. The van der Waals surface area contributed by atoms with Crippen LogP contribution in [0.25, 0.3) is 0 Å². The minimum atomic E-state index is -0.323. The van der Waals surface area contributed by atoms with Crippen LogP contribution in [0.4, 0.5) is 11.5 Å². The molecule has 0 fully saturated rings. The molecule has 0 aromatic carbocycles. The normalized spacial score (nSPS) is 9.81. The molecule has 3 N–H and O–H groups in total. The number of carbonyl (C=O) groups is 1. The van der Waals surface area contributed by atoms with E-state index < -0.39 is 0 Å². The van der Waals surface area contributed by atoms with E-state index in [0.29, 0.717) is 11.5 Å². The molecule has 2 rings (SSSR count). The van der Waals surface area contributed by atoms with Crippen molar-refractivity contribution in [2.75, 3.05) is 17.7 Å². The molecule has 16 heavy (non-hydrogen) atoms. The predicted molar refractivity (Wildman–Crippen MR) is 58.1 cm³/mol. The molecule has 0 spiro atoms. The monoisotopic (exact) mass is 218 g/mol. The average molecular weight is 218 g/mol. The third-order valence-corrected chi connectivity index (χ3v) is 1.91. The van der Waals surface area contributed by atoms with E-state index in [4.69, 9.17) is 0 Å². The molecule has 1 amide bonds. The van der Waals surface area contributed by atoms with E-state index in [0.717, 1.165) is 0 Å². The van der Waals surface area contributed by atoms with E-state index in [1.807, 2.05) is 0 Å². The predicted octanol–water partition coefficient (Wildman–Crippen LogP) is 0.494. The number of aromatic amines is 1. The number of rotatable bonds is 3. The molecule has 7 heteroatoms. The van der Waals surface area contributed by atoms with Crippen LogP contribution in [-0.2, 0) is 0 Å². The summed E-state index contributed by atoms with van der Waals surface area (Å²) in [6.07, 6.45) is 3.08. The van der Waals surface area contributed by atoms with Gasteiger partial charge < -0.3 is 10.6 Å². The van der Waals surface area contributed by atoms with Crippen LogP contribution < -0.4 is 10.6 Å². The summed E-state index contributed by atoms with van der Waals surface area (Å²) in [4.78, 5) is 11.6. The van der Waals surface area contributed by atoms with Crippen molar-refractivity contribution in [2.45, 2.75) is 0 Å². The van der Waals surface area contributed by atoms with Crippen molar-refractivity contribution in [1.29, 1.82) is 0 Å². The van der Waals surface area contributed by atoms with Crippen LogP contribution >= 0.6 is 0 Å². The molecule has 0 atom stereocenters.